The normalized spacial score (nSPS) is 15.8. The standard InChI is InChI=1S/C21H28F3N5O/c1-3-26-20(28-18-9-12-29(13-10-18)15-19(30)25-2)27-11-5-7-16-6-4-8-17(14-16)21(22,23)24/h4,6,8,14,18H,3,9-13,15H2,1-2H3,(H,25,30)(H2,26,27,28). The van der Waals surface area contributed by atoms with Crippen molar-refractivity contribution in [3.8, 4) is 11.8 Å². The van der Waals surface area contributed by atoms with E-state index in [0.29, 0.717) is 24.6 Å². The first-order chi connectivity index (χ1) is 14.3. The van der Waals surface area contributed by atoms with Crippen molar-refractivity contribution in [1.82, 2.24) is 20.9 Å². The second-order valence-electron chi connectivity index (χ2n) is 6.94. The summed E-state index contributed by atoms with van der Waals surface area (Å²) in [7, 11) is 1.63. The number of hydrogen-bond acceptors (Lipinski definition) is 3. The number of rotatable bonds is 5. The molecule has 1 aromatic carbocycles. The number of nitrogens with zero attached hydrogens (tertiary/aromatic N) is 2. The molecule has 0 spiro atoms. The van der Waals surface area contributed by atoms with Gasteiger partial charge in [0.15, 0.2) is 5.96 Å². The van der Waals surface area contributed by atoms with Crippen LogP contribution in [0.5, 0.6) is 0 Å². The molecule has 1 heterocycles. The zero-order valence-electron chi connectivity index (χ0n) is 17.3. The quantitative estimate of drug-likeness (QED) is 0.384. The van der Waals surface area contributed by atoms with E-state index in [1.54, 1.807) is 13.1 Å². The molecule has 0 aromatic heterocycles. The lowest BCUT2D eigenvalue weighted by Crippen LogP contribution is -2.50. The Morgan fingerprint density at radius 1 is 1.30 bits per heavy atom. The maximum Gasteiger partial charge on any atom is 0.416 e. The predicted octanol–water partition coefficient (Wildman–Crippen LogP) is 1.82. The fourth-order valence-electron chi connectivity index (χ4n) is 3.06. The summed E-state index contributed by atoms with van der Waals surface area (Å²) < 4.78 is 38.3. The van der Waals surface area contributed by atoms with Crippen molar-refractivity contribution < 1.29 is 18.0 Å². The number of nitrogens with one attached hydrogen (secondary N) is 3. The van der Waals surface area contributed by atoms with Gasteiger partial charge >= 0.3 is 6.18 Å². The van der Waals surface area contributed by atoms with Gasteiger partial charge in [0.25, 0.3) is 0 Å². The molecule has 1 aliphatic rings. The number of carbonyl (C=O) groups is 1. The van der Waals surface area contributed by atoms with Crippen LogP contribution in [0.1, 0.15) is 30.9 Å². The summed E-state index contributed by atoms with van der Waals surface area (Å²) in [5.41, 5.74) is -0.406. The van der Waals surface area contributed by atoms with Gasteiger partial charge in [0.2, 0.25) is 5.91 Å². The Morgan fingerprint density at radius 3 is 2.67 bits per heavy atom. The molecule has 2 rings (SSSR count). The number of halogens is 3. The number of likely N-dealkylation sites (tertiary alicyclic amines) is 1. The Balaban J connectivity index is 1.89. The average Bonchev–Trinajstić information content (AvgIpc) is 2.72. The van der Waals surface area contributed by atoms with E-state index >= 15 is 0 Å². The second-order valence-corrected chi connectivity index (χ2v) is 6.94. The zero-order chi connectivity index (χ0) is 22.0. The van der Waals surface area contributed by atoms with Crippen molar-refractivity contribution in [3.05, 3.63) is 35.4 Å². The molecule has 0 bridgehead atoms. The number of alkyl halides is 3. The van der Waals surface area contributed by atoms with Crippen molar-refractivity contribution in [2.45, 2.75) is 32.0 Å². The molecule has 0 saturated carbocycles. The number of benzene rings is 1. The van der Waals surface area contributed by atoms with Gasteiger partial charge in [-0.15, -0.1) is 0 Å². The van der Waals surface area contributed by atoms with Gasteiger partial charge in [-0.1, -0.05) is 17.9 Å². The van der Waals surface area contributed by atoms with Crippen molar-refractivity contribution in [2.24, 2.45) is 4.99 Å². The van der Waals surface area contributed by atoms with Gasteiger partial charge in [0, 0.05) is 38.3 Å². The molecule has 1 amide bonds. The highest BCUT2D eigenvalue weighted by molar-refractivity contribution is 5.80. The molecular weight excluding hydrogens is 395 g/mol. The van der Waals surface area contributed by atoms with Crippen molar-refractivity contribution in [3.63, 3.8) is 0 Å². The number of hydrogen-bond donors (Lipinski definition) is 3. The van der Waals surface area contributed by atoms with Crippen molar-refractivity contribution in [1.29, 1.82) is 0 Å². The lowest BCUT2D eigenvalue weighted by atomic mass is 10.1. The third kappa shape index (κ3) is 7.95. The van der Waals surface area contributed by atoms with Crippen LogP contribution in [-0.2, 0) is 11.0 Å². The third-order valence-electron chi connectivity index (χ3n) is 4.66. The smallest absolute Gasteiger partial charge is 0.358 e. The Labute approximate surface area is 175 Å². The van der Waals surface area contributed by atoms with E-state index in [-0.39, 0.29) is 18.5 Å². The molecule has 0 atom stereocenters. The second kappa shape index (κ2) is 11.5. The number of guanidine groups is 1. The minimum absolute atomic E-state index is 0.00987. The van der Waals surface area contributed by atoms with Crippen LogP contribution < -0.4 is 16.0 Å². The lowest BCUT2D eigenvalue weighted by Gasteiger charge is -2.32. The molecule has 6 nitrogen and oxygen atoms in total. The first-order valence-electron chi connectivity index (χ1n) is 9.95. The Hall–Kier alpha value is -2.73. The number of aliphatic imine (C=N–C) groups is 1. The van der Waals surface area contributed by atoms with E-state index in [2.05, 4.69) is 37.7 Å². The first kappa shape index (κ1) is 23.5. The van der Waals surface area contributed by atoms with E-state index in [0.717, 1.165) is 38.1 Å². The van der Waals surface area contributed by atoms with Gasteiger partial charge in [0.05, 0.1) is 12.1 Å². The molecule has 1 saturated heterocycles. The molecule has 1 fully saturated rings. The van der Waals surface area contributed by atoms with Crippen LogP contribution in [0.3, 0.4) is 0 Å². The highest BCUT2D eigenvalue weighted by Crippen LogP contribution is 2.29. The molecular formula is C21H28F3N5O. The van der Waals surface area contributed by atoms with Crippen LogP contribution >= 0.6 is 0 Å². The fourth-order valence-corrected chi connectivity index (χ4v) is 3.06. The van der Waals surface area contributed by atoms with E-state index in [1.807, 2.05) is 6.92 Å². The van der Waals surface area contributed by atoms with Gasteiger partial charge in [-0.3, -0.25) is 9.69 Å². The van der Waals surface area contributed by atoms with Crippen LogP contribution in [0.2, 0.25) is 0 Å². The summed E-state index contributed by atoms with van der Waals surface area (Å²) in [5, 5.41) is 9.15. The molecule has 0 radical (unpaired) electrons. The summed E-state index contributed by atoms with van der Waals surface area (Å²) in [5.74, 6) is 6.17. The largest absolute Gasteiger partial charge is 0.416 e. The molecule has 0 unspecified atom stereocenters. The fraction of sp³-hybridized carbons (Fsp3) is 0.524. The highest BCUT2D eigenvalue weighted by atomic mass is 19.4. The van der Waals surface area contributed by atoms with Gasteiger partial charge in [-0.2, -0.15) is 13.2 Å². The molecule has 3 N–H and O–H groups in total. The molecule has 1 aromatic rings. The summed E-state index contributed by atoms with van der Waals surface area (Å²) in [4.78, 5) is 18.0. The maximum atomic E-state index is 12.8. The van der Waals surface area contributed by atoms with Crippen LogP contribution in [0.15, 0.2) is 29.3 Å². The molecule has 30 heavy (non-hydrogen) atoms. The van der Waals surface area contributed by atoms with Crippen LogP contribution in [0, 0.1) is 11.8 Å². The minimum Gasteiger partial charge on any atom is -0.358 e. The van der Waals surface area contributed by atoms with E-state index in [1.165, 1.54) is 6.07 Å². The van der Waals surface area contributed by atoms with Gasteiger partial charge in [-0.05, 0) is 38.0 Å². The van der Waals surface area contributed by atoms with E-state index < -0.39 is 11.7 Å². The van der Waals surface area contributed by atoms with Gasteiger partial charge in [0.1, 0.15) is 6.54 Å². The van der Waals surface area contributed by atoms with Crippen molar-refractivity contribution >= 4 is 11.9 Å². The molecule has 1 aliphatic heterocycles. The number of piperidine rings is 1. The monoisotopic (exact) mass is 423 g/mol. The summed E-state index contributed by atoms with van der Waals surface area (Å²) in [6.45, 7) is 4.85. The maximum absolute atomic E-state index is 12.8. The topological polar surface area (TPSA) is 68.8 Å². The highest BCUT2D eigenvalue weighted by Gasteiger charge is 2.30. The van der Waals surface area contributed by atoms with Crippen LogP contribution in [-0.4, -0.2) is 62.6 Å². The third-order valence-corrected chi connectivity index (χ3v) is 4.66. The van der Waals surface area contributed by atoms with Gasteiger partial charge in [-0.25, -0.2) is 4.99 Å². The predicted molar refractivity (Wildman–Crippen MR) is 111 cm³/mol. The molecule has 164 valence electrons. The Bertz CT molecular complexity index is 790. The number of amides is 1. The Kier molecular flexibility index (Phi) is 8.99. The lowest BCUT2D eigenvalue weighted by molar-refractivity contribution is -0.137. The summed E-state index contributed by atoms with van der Waals surface area (Å²) in [6.07, 6.45) is -2.61. The van der Waals surface area contributed by atoms with E-state index in [4.69, 9.17) is 0 Å². The Morgan fingerprint density at radius 2 is 2.03 bits per heavy atom. The minimum atomic E-state index is -4.38. The average molecular weight is 423 g/mol. The molecule has 0 aliphatic carbocycles. The summed E-state index contributed by atoms with van der Waals surface area (Å²) in [6, 6.07) is 5.18. The van der Waals surface area contributed by atoms with Gasteiger partial charge < -0.3 is 16.0 Å². The number of likely N-dealkylation sites (N-methyl/N-ethyl adjacent to an activating group) is 1. The number of carbonyl (C=O) groups excluding carboxylic acids is 1. The first-order valence-corrected chi connectivity index (χ1v) is 9.95. The van der Waals surface area contributed by atoms with Crippen LogP contribution in [0.4, 0.5) is 13.2 Å². The van der Waals surface area contributed by atoms with Crippen molar-refractivity contribution in [2.75, 3.05) is 39.8 Å². The summed E-state index contributed by atoms with van der Waals surface area (Å²) >= 11 is 0. The SMILES string of the molecule is CCNC(=NCC#Cc1cccc(C(F)(F)F)c1)NC1CCN(CC(=O)NC)CC1. The van der Waals surface area contributed by atoms with E-state index in [9.17, 15) is 18.0 Å². The van der Waals surface area contributed by atoms with Crippen LogP contribution in [0.25, 0.3) is 0 Å². The molecule has 9 heteroatoms. The zero-order valence-corrected chi connectivity index (χ0v) is 17.3.